The largest absolute Gasteiger partial charge is 0.465 e. The Bertz CT molecular complexity index is 373. The first-order valence-corrected chi connectivity index (χ1v) is 4.10. The fourth-order valence-electron chi connectivity index (χ4n) is 0.929. The van der Waals surface area contributed by atoms with E-state index in [1.165, 1.54) is 6.07 Å². The van der Waals surface area contributed by atoms with Crippen LogP contribution >= 0.6 is 11.6 Å². The lowest BCUT2D eigenvalue weighted by Gasteiger charge is -2.07. The Balaban J connectivity index is 2.89. The van der Waals surface area contributed by atoms with E-state index in [4.69, 9.17) is 16.7 Å². The van der Waals surface area contributed by atoms with Gasteiger partial charge in [-0.3, -0.25) is 5.32 Å². The Morgan fingerprint density at radius 2 is 2.13 bits per heavy atom. The molecule has 7 heteroatoms. The molecule has 0 unspecified atom stereocenters. The number of alkyl halides is 2. The van der Waals surface area contributed by atoms with Gasteiger partial charge < -0.3 is 9.84 Å². The van der Waals surface area contributed by atoms with E-state index in [0.717, 1.165) is 12.1 Å². The first-order valence-electron chi connectivity index (χ1n) is 3.73. The normalized spacial score (nSPS) is 10.1. The van der Waals surface area contributed by atoms with Crippen LogP contribution in [0.1, 0.15) is 0 Å². The van der Waals surface area contributed by atoms with Crippen LogP contribution in [0, 0.1) is 0 Å². The van der Waals surface area contributed by atoms with Crippen LogP contribution in [0.4, 0.5) is 19.3 Å². The minimum atomic E-state index is -2.99. The highest BCUT2D eigenvalue weighted by atomic mass is 35.5. The first-order chi connectivity index (χ1) is 6.97. The monoisotopic (exact) mass is 237 g/mol. The number of hydrogen-bond acceptors (Lipinski definition) is 2. The van der Waals surface area contributed by atoms with Crippen LogP contribution in [-0.2, 0) is 0 Å². The van der Waals surface area contributed by atoms with Crippen molar-refractivity contribution in [2.24, 2.45) is 0 Å². The van der Waals surface area contributed by atoms with Crippen molar-refractivity contribution in [2.45, 2.75) is 6.61 Å². The van der Waals surface area contributed by atoms with E-state index in [1.54, 1.807) is 0 Å². The molecule has 1 aromatic rings. The summed E-state index contributed by atoms with van der Waals surface area (Å²) in [6.07, 6.45) is -1.32. The van der Waals surface area contributed by atoms with Crippen LogP contribution in [0.5, 0.6) is 5.75 Å². The molecule has 0 fully saturated rings. The van der Waals surface area contributed by atoms with Crippen molar-refractivity contribution in [1.29, 1.82) is 0 Å². The summed E-state index contributed by atoms with van der Waals surface area (Å²) in [4.78, 5) is 10.3. The standard InChI is InChI=1S/C8H6ClF2NO3/c9-4-1-5(12-8(13)14)3-6(2-4)15-7(10)11/h1-3,7,12H,(H,13,14). The maximum absolute atomic E-state index is 11.8. The molecule has 0 radical (unpaired) electrons. The van der Waals surface area contributed by atoms with Crippen LogP contribution < -0.4 is 10.1 Å². The Hall–Kier alpha value is -1.56. The number of carboxylic acid groups (broad SMARTS) is 1. The van der Waals surface area contributed by atoms with Gasteiger partial charge in [-0.05, 0) is 12.1 Å². The van der Waals surface area contributed by atoms with Crippen LogP contribution in [0.15, 0.2) is 18.2 Å². The minimum absolute atomic E-state index is 0.0608. The van der Waals surface area contributed by atoms with Crippen molar-refractivity contribution >= 4 is 23.4 Å². The Kier molecular flexibility index (Phi) is 3.68. The molecule has 0 bridgehead atoms. The summed E-state index contributed by atoms with van der Waals surface area (Å²) >= 11 is 5.56. The lowest BCUT2D eigenvalue weighted by molar-refractivity contribution is -0.0497. The molecule has 1 rings (SSSR count). The molecule has 4 nitrogen and oxygen atoms in total. The first kappa shape index (κ1) is 11.5. The molecule has 0 aliphatic rings. The van der Waals surface area contributed by atoms with Gasteiger partial charge in [-0.1, -0.05) is 11.6 Å². The number of hydrogen-bond donors (Lipinski definition) is 2. The molecule has 0 saturated carbocycles. The second-order valence-corrected chi connectivity index (χ2v) is 2.92. The lowest BCUT2D eigenvalue weighted by Crippen LogP contribution is -2.08. The van der Waals surface area contributed by atoms with Crippen molar-refractivity contribution in [3.05, 3.63) is 23.2 Å². The summed E-state index contributed by atoms with van der Waals surface area (Å²) in [6, 6.07) is 3.53. The SMILES string of the molecule is O=C(O)Nc1cc(Cl)cc(OC(F)F)c1. The molecule has 0 spiro atoms. The highest BCUT2D eigenvalue weighted by Gasteiger charge is 2.07. The van der Waals surface area contributed by atoms with Crippen LogP contribution in [0.3, 0.4) is 0 Å². The summed E-state index contributed by atoms with van der Waals surface area (Å²) in [6.45, 7) is -2.99. The number of carbonyl (C=O) groups is 1. The number of halogens is 3. The van der Waals surface area contributed by atoms with Crippen molar-refractivity contribution < 1.29 is 23.4 Å². The molecule has 0 aliphatic heterocycles. The highest BCUT2D eigenvalue weighted by Crippen LogP contribution is 2.25. The molecular weight excluding hydrogens is 232 g/mol. The van der Waals surface area contributed by atoms with Gasteiger partial charge in [-0.25, -0.2) is 4.79 Å². The van der Waals surface area contributed by atoms with Gasteiger partial charge in [-0.15, -0.1) is 0 Å². The molecule has 0 aliphatic carbocycles. The third-order valence-corrected chi connectivity index (χ3v) is 1.57. The van der Waals surface area contributed by atoms with E-state index in [9.17, 15) is 13.6 Å². The van der Waals surface area contributed by atoms with E-state index in [-0.39, 0.29) is 16.5 Å². The van der Waals surface area contributed by atoms with E-state index in [0.29, 0.717) is 0 Å². The average Bonchev–Trinajstić information content (AvgIpc) is 1.98. The van der Waals surface area contributed by atoms with Gasteiger partial charge in [0, 0.05) is 16.8 Å². The van der Waals surface area contributed by atoms with Crippen molar-refractivity contribution in [3.8, 4) is 5.75 Å². The molecule has 0 heterocycles. The van der Waals surface area contributed by atoms with E-state index < -0.39 is 12.7 Å². The molecule has 1 amide bonds. The second-order valence-electron chi connectivity index (χ2n) is 2.48. The van der Waals surface area contributed by atoms with E-state index in [2.05, 4.69) is 4.74 Å². The zero-order valence-electron chi connectivity index (χ0n) is 7.21. The fraction of sp³-hybridized carbons (Fsp3) is 0.125. The van der Waals surface area contributed by atoms with Gasteiger partial charge in [-0.2, -0.15) is 8.78 Å². The number of nitrogens with one attached hydrogen (secondary N) is 1. The Labute approximate surface area is 88.4 Å². The van der Waals surface area contributed by atoms with Crippen LogP contribution in [0.2, 0.25) is 5.02 Å². The highest BCUT2D eigenvalue weighted by molar-refractivity contribution is 6.31. The van der Waals surface area contributed by atoms with Gasteiger partial charge >= 0.3 is 12.7 Å². The summed E-state index contributed by atoms with van der Waals surface area (Å²) < 4.78 is 27.8. The summed E-state index contributed by atoms with van der Waals surface area (Å²) in [5.41, 5.74) is 0.0608. The third kappa shape index (κ3) is 3.99. The molecule has 0 saturated heterocycles. The van der Waals surface area contributed by atoms with Gasteiger partial charge in [0.2, 0.25) is 0 Å². The van der Waals surface area contributed by atoms with Crippen LogP contribution in [-0.4, -0.2) is 17.8 Å². The maximum Gasteiger partial charge on any atom is 0.409 e. The van der Waals surface area contributed by atoms with Gasteiger partial charge in [0.15, 0.2) is 0 Å². The predicted molar refractivity (Wildman–Crippen MR) is 49.7 cm³/mol. The molecule has 15 heavy (non-hydrogen) atoms. The van der Waals surface area contributed by atoms with Gasteiger partial charge in [0.05, 0.1) is 0 Å². The quantitative estimate of drug-likeness (QED) is 0.850. The zero-order chi connectivity index (χ0) is 11.4. The number of anilines is 1. The molecule has 1 aromatic carbocycles. The Morgan fingerprint density at radius 1 is 1.47 bits per heavy atom. The summed E-state index contributed by atoms with van der Waals surface area (Å²) in [5, 5.41) is 10.4. The van der Waals surface area contributed by atoms with Crippen molar-refractivity contribution in [2.75, 3.05) is 5.32 Å². The van der Waals surface area contributed by atoms with E-state index in [1.807, 2.05) is 5.32 Å². The van der Waals surface area contributed by atoms with Crippen LogP contribution in [0.25, 0.3) is 0 Å². The smallest absolute Gasteiger partial charge is 0.409 e. The average molecular weight is 238 g/mol. The fourth-order valence-corrected chi connectivity index (χ4v) is 1.15. The second kappa shape index (κ2) is 4.79. The Morgan fingerprint density at radius 3 is 2.67 bits per heavy atom. The number of benzene rings is 1. The zero-order valence-corrected chi connectivity index (χ0v) is 7.96. The topological polar surface area (TPSA) is 58.6 Å². The summed E-state index contributed by atoms with van der Waals surface area (Å²) in [7, 11) is 0. The minimum Gasteiger partial charge on any atom is -0.465 e. The van der Waals surface area contributed by atoms with Gasteiger partial charge in [0.1, 0.15) is 5.75 Å². The third-order valence-electron chi connectivity index (χ3n) is 1.35. The number of rotatable bonds is 3. The molecule has 0 atom stereocenters. The molecular formula is C8H6ClF2NO3. The van der Waals surface area contributed by atoms with Crippen molar-refractivity contribution in [3.63, 3.8) is 0 Å². The summed E-state index contributed by atoms with van der Waals surface area (Å²) in [5.74, 6) is -0.207. The molecule has 0 aromatic heterocycles. The lowest BCUT2D eigenvalue weighted by atomic mass is 10.3. The van der Waals surface area contributed by atoms with E-state index >= 15 is 0 Å². The molecule has 82 valence electrons. The predicted octanol–water partition coefficient (Wildman–Crippen LogP) is 3.03. The maximum atomic E-state index is 11.8. The van der Waals surface area contributed by atoms with Gasteiger partial charge in [0.25, 0.3) is 0 Å². The van der Waals surface area contributed by atoms with Crippen molar-refractivity contribution in [1.82, 2.24) is 0 Å². The molecule has 2 N–H and O–H groups in total. The number of amides is 1. The number of ether oxygens (including phenoxy) is 1.